The molecule has 0 aliphatic rings. The zero-order chi connectivity index (χ0) is 20.1. The lowest BCUT2D eigenvalue weighted by Crippen LogP contribution is -2.03. The van der Waals surface area contributed by atoms with Crippen molar-refractivity contribution in [2.75, 3.05) is 12.4 Å². The third kappa shape index (κ3) is 4.98. The lowest BCUT2D eigenvalue weighted by Gasteiger charge is -2.15. The fourth-order valence-corrected chi connectivity index (χ4v) is 3.66. The Labute approximate surface area is 184 Å². The van der Waals surface area contributed by atoms with E-state index in [1.807, 2.05) is 18.2 Å². The topological polar surface area (TPSA) is 30.5 Å². The average Bonchev–Trinajstić information content (AvgIpc) is 2.67. The molecule has 0 aliphatic heterocycles. The van der Waals surface area contributed by atoms with Gasteiger partial charge in [-0.25, -0.2) is 0 Å². The Kier molecular flexibility index (Phi) is 7.19. The summed E-state index contributed by atoms with van der Waals surface area (Å²) >= 11 is 24.8. The molecule has 146 valence electrons. The second-order valence-corrected chi connectivity index (χ2v) is 7.55. The highest BCUT2D eigenvalue weighted by Gasteiger charge is 2.11. The highest BCUT2D eigenvalue weighted by molar-refractivity contribution is 6.39. The summed E-state index contributed by atoms with van der Waals surface area (Å²) in [5.74, 6) is 1.20. The molecule has 0 heterocycles. The predicted octanol–water partition coefficient (Wildman–Crippen LogP) is 7.50. The van der Waals surface area contributed by atoms with Gasteiger partial charge in [0.25, 0.3) is 0 Å². The van der Waals surface area contributed by atoms with E-state index in [0.29, 0.717) is 43.8 Å². The van der Waals surface area contributed by atoms with Gasteiger partial charge in [0, 0.05) is 22.2 Å². The third-order valence-electron chi connectivity index (χ3n) is 4.09. The lowest BCUT2D eigenvalue weighted by molar-refractivity contribution is 0.284. The summed E-state index contributed by atoms with van der Waals surface area (Å²) < 4.78 is 11.3. The first-order valence-corrected chi connectivity index (χ1v) is 9.91. The molecule has 28 heavy (non-hydrogen) atoms. The first kappa shape index (κ1) is 20.9. The fourth-order valence-electron chi connectivity index (χ4n) is 2.62. The molecule has 0 saturated heterocycles. The number of halogens is 4. The number of ether oxygens (including phenoxy) is 2. The van der Waals surface area contributed by atoms with Gasteiger partial charge in [-0.15, -0.1) is 0 Å². The number of para-hydroxylation sites is 1. The maximum absolute atomic E-state index is 6.19. The standard InChI is InChI=1S/C21H17Cl4NO2/c1-27-20-10-13(11-26-21-17(24)6-3-7-18(21)25)8-9-19(20)28-12-14-15(22)4-2-5-16(14)23/h2-10,26H,11-12H2,1H3. The molecule has 0 aromatic heterocycles. The smallest absolute Gasteiger partial charge is 0.161 e. The van der Waals surface area contributed by atoms with Crippen LogP contribution in [0.5, 0.6) is 11.5 Å². The summed E-state index contributed by atoms with van der Waals surface area (Å²) in [5.41, 5.74) is 2.40. The summed E-state index contributed by atoms with van der Waals surface area (Å²) in [7, 11) is 1.59. The van der Waals surface area contributed by atoms with Crippen molar-refractivity contribution in [1.29, 1.82) is 0 Å². The molecule has 0 radical (unpaired) electrons. The Morgan fingerprint density at radius 2 is 1.39 bits per heavy atom. The van der Waals surface area contributed by atoms with Crippen LogP contribution >= 0.6 is 46.4 Å². The molecule has 3 rings (SSSR count). The zero-order valence-electron chi connectivity index (χ0n) is 14.9. The normalized spacial score (nSPS) is 10.6. The average molecular weight is 457 g/mol. The molecular weight excluding hydrogens is 440 g/mol. The molecule has 1 N–H and O–H groups in total. The summed E-state index contributed by atoms with van der Waals surface area (Å²) in [5, 5.41) is 5.50. The quantitative estimate of drug-likeness (QED) is 0.399. The van der Waals surface area contributed by atoms with Crippen molar-refractivity contribution in [3.8, 4) is 11.5 Å². The Hall–Kier alpha value is -1.78. The Bertz CT molecular complexity index is 938. The molecule has 0 spiro atoms. The largest absolute Gasteiger partial charge is 0.493 e. The van der Waals surface area contributed by atoms with Gasteiger partial charge >= 0.3 is 0 Å². The van der Waals surface area contributed by atoms with Gasteiger partial charge in [0.2, 0.25) is 0 Å². The number of hydrogen-bond donors (Lipinski definition) is 1. The van der Waals surface area contributed by atoms with Gasteiger partial charge in [-0.1, -0.05) is 64.6 Å². The molecule has 0 amide bonds. The summed E-state index contributed by atoms with van der Waals surface area (Å²) in [4.78, 5) is 0. The molecule has 3 aromatic carbocycles. The van der Waals surface area contributed by atoms with Crippen LogP contribution in [-0.4, -0.2) is 7.11 Å². The zero-order valence-corrected chi connectivity index (χ0v) is 18.0. The summed E-state index contributed by atoms with van der Waals surface area (Å²) in [6.07, 6.45) is 0. The lowest BCUT2D eigenvalue weighted by atomic mass is 10.2. The van der Waals surface area contributed by atoms with Gasteiger partial charge in [-0.3, -0.25) is 0 Å². The number of hydrogen-bond acceptors (Lipinski definition) is 3. The van der Waals surface area contributed by atoms with Gasteiger partial charge in [0.05, 0.1) is 22.8 Å². The highest BCUT2D eigenvalue weighted by atomic mass is 35.5. The molecule has 0 aliphatic carbocycles. The van der Waals surface area contributed by atoms with Crippen LogP contribution in [0.15, 0.2) is 54.6 Å². The second-order valence-electron chi connectivity index (χ2n) is 5.92. The fraction of sp³-hybridized carbons (Fsp3) is 0.143. The van der Waals surface area contributed by atoms with Crippen LogP contribution in [0.4, 0.5) is 5.69 Å². The monoisotopic (exact) mass is 455 g/mol. The molecule has 0 saturated carbocycles. The molecule has 0 fully saturated rings. The minimum Gasteiger partial charge on any atom is -0.493 e. The van der Waals surface area contributed by atoms with Crippen molar-refractivity contribution in [3.05, 3.63) is 85.8 Å². The maximum atomic E-state index is 6.19. The van der Waals surface area contributed by atoms with E-state index in [1.54, 1.807) is 43.5 Å². The molecule has 7 heteroatoms. The summed E-state index contributed by atoms with van der Waals surface area (Å²) in [6.45, 7) is 0.762. The number of nitrogens with one attached hydrogen (secondary N) is 1. The maximum Gasteiger partial charge on any atom is 0.161 e. The van der Waals surface area contributed by atoms with Crippen molar-refractivity contribution in [1.82, 2.24) is 0 Å². The Morgan fingerprint density at radius 1 is 0.786 bits per heavy atom. The van der Waals surface area contributed by atoms with Gasteiger partial charge in [-0.05, 0) is 42.0 Å². The van der Waals surface area contributed by atoms with Gasteiger partial charge in [0.15, 0.2) is 11.5 Å². The minimum absolute atomic E-state index is 0.238. The van der Waals surface area contributed by atoms with E-state index in [-0.39, 0.29) is 6.61 Å². The van der Waals surface area contributed by atoms with Crippen molar-refractivity contribution in [3.63, 3.8) is 0 Å². The van der Waals surface area contributed by atoms with Crippen molar-refractivity contribution < 1.29 is 9.47 Å². The van der Waals surface area contributed by atoms with Crippen LogP contribution in [0, 0.1) is 0 Å². The van der Waals surface area contributed by atoms with E-state index in [0.717, 1.165) is 11.1 Å². The second kappa shape index (κ2) is 9.62. The van der Waals surface area contributed by atoms with E-state index in [2.05, 4.69) is 5.32 Å². The molecular formula is C21H17Cl4NO2. The van der Waals surface area contributed by atoms with Crippen LogP contribution < -0.4 is 14.8 Å². The number of benzene rings is 3. The van der Waals surface area contributed by atoms with Crippen LogP contribution in [-0.2, 0) is 13.2 Å². The SMILES string of the molecule is COc1cc(CNc2c(Cl)cccc2Cl)ccc1OCc1c(Cl)cccc1Cl. The number of rotatable bonds is 7. The first-order valence-electron chi connectivity index (χ1n) is 8.40. The minimum atomic E-state index is 0.238. The van der Waals surface area contributed by atoms with Crippen LogP contribution in [0.25, 0.3) is 0 Å². The Balaban J connectivity index is 1.72. The van der Waals surface area contributed by atoms with Crippen LogP contribution in [0.3, 0.4) is 0 Å². The van der Waals surface area contributed by atoms with E-state index in [9.17, 15) is 0 Å². The van der Waals surface area contributed by atoms with E-state index >= 15 is 0 Å². The van der Waals surface area contributed by atoms with Gasteiger partial charge in [0.1, 0.15) is 6.61 Å². The van der Waals surface area contributed by atoms with E-state index in [4.69, 9.17) is 55.9 Å². The first-order chi connectivity index (χ1) is 13.5. The van der Waals surface area contributed by atoms with Crippen LogP contribution in [0.2, 0.25) is 20.1 Å². The van der Waals surface area contributed by atoms with Crippen molar-refractivity contribution >= 4 is 52.1 Å². The molecule has 3 aromatic rings. The third-order valence-corrected chi connectivity index (χ3v) is 5.43. The molecule has 0 atom stereocenters. The number of methoxy groups -OCH3 is 1. The molecule has 3 nitrogen and oxygen atoms in total. The van der Waals surface area contributed by atoms with Gasteiger partial charge < -0.3 is 14.8 Å². The van der Waals surface area contributed by atoms with Crippen molar-refractivity contribution in [2.24, 2.45) is 0 Å². The Morgan fingerprint density at radius 3 is 2.00 bits per heavy atom. The predicted molar refractivity (Wildman–Crippen MR) is 118 cm³/mol. The van der Waals surface area contributed by atoms with Crippen LogP contribution in [0.1, 0.15) is 11.1 Å². The van der Waals surface area contributed by atoms with Gasteiger partial charge in [-0.2, -0.15) is 0 Å². The van der Waals surface area contributed by atoms with E-state index in [1.165, 1.54) is 0 Å². The van der Waals surface area contributed by atoms with E-state index < -0.39 is 0 Å². The molecule has 0 unspecified atom stereocenters. The summed E-state index contributed by atoms with van der Waals surface area (Å²) in [6, 6.07) is 16.4. The highest BCUT2D eigenvalue weighted by Crippen LogP contribution is 2.33. The van der Waals surface area contributed by atoms with Crippen molar-refractivity contribution in [2.45, 2.75) is 13.2 Å². The number of anilines is 1. The molecule has 0 bridgehead atoms.